The van der Waals surface area contributed by atoms with Crippen molar-refractivity contribution in [2.75, 3.05) is 7.05 Å². The van der Waals surface area contributed by atoms with Gasteiger partial charge in [-0.25, -0.2) is 13.4 Å². The first-order valence-corrected chi connectivity index (χ1v) is 12.0. The number of nitrogens with zero attached hydrogens (tertiary/aromatic N) is 3. The first-order valence-electron chi connectivity index (χ1n) is 9.72. The molecule has 0 saturated carbocycles. The number of thiazole rings is 1. The highest BCUT2D eigenvalue weighted by molar-refractivity contribution is 7.91. The second-order valence-electron chi connectivity index (χ2n) is 8.17. The molecule has 4 aromatic rings. The van der Waals surface area contributed by atoms with Crippen LogP contribution in [0.25, 0.3) is 21.1 Å². The quantitative estimate of drug-likeness (QED) is 0.481. The molecule has 2 N–H and O–H groups in total. The maximum atomic E-state index is 13.5. The van der Waals surface area contributed by atoms with Crippen LogP contribution in [0.1, 0.15) is 19.4 Å². The summed E-state index contributed by atoms with van der Waals surface area (Å²) in [5.41, 5.74) is 7.33. The van der Waals surface area contributed by atoms with E-state index in [1.54, 1.807) is 12.1 Å². The Labute approximate surface area is 185 Å². The predicted molar refractivity (Wildman–Crippen MR) is 123 cm³/mol. The Morgan fingerprint density at radius 1 is 1.16 bits per heavy atom. The summed E-state index contributed by atoms with van der Waals surface area (Å²) in [7, 11) is -0.738. The fourth-order valence-corrected chi connectivity index (χ4v) is 7.06. The highest BCUT2D eigenvalue weighted by atomic mass is 32.2. The molecule has 0 fully saturated rings. The summed E-state index contributed by atoms with van der Waals surface area (Å²) in [6.45, 7) is 3.68. The largest absolute Gasteiger partial charge is 0.368 e. The third-order valence-corrected chi connectivity index (χ3v) is 9.00. The molecule has 7 nitrogen and oxygen atoms in total. The van der Waals surface area contributed by atoms with Crippen molar-refractivity contribution in [3.8, 4) is 0 Å². The van der Waals surface area contributed by atoms with Crippen molar-refractivity contribution in [2.45, 2.75) is 29.6 Å². The topological polar surface area (TPSA) is 98.3 Å². The second-order valence-corrected chi connectivity index (χ2v) is 11.4. The minimum absolute atomic E-state index is 0.0591. The summed E-state index contributed by atoms with van der Waals surface area (Å²) in [5, 5.41) is 0.951. The molecule has 9 heteroatoms. The number of fused-ring (bicyclic) bond motifs is 2. The fraction of sp³-hybridized carbons (Fsp3) is 0.273. The van der Waals surface area contributed by atoms with Crippen LogP contribution >= 0.6 is 11.3 Å². The molecule has 4 rings (SSSR count). The molecule has 2 aromatic carbocycles. The van der Waals surface area contributed by atoms with Gasteiger partial charge in [-0.1, -0.05) is 44.2 Å². The van der Waals surface area contributed by atoms with Crippen LogP contribution in [0.15, 0.2) is 59.1 Å². The van der Waals surface area contributed by atoms with Crippen molar-refractivity contribution in [1.82, 2.24) is 13.9 Å². The van der Waals surface area contributed by atoms with E-state index < -0.39 is 27.4 Å². The third-order valence-electron chi connectivity index (χ3n) is 5.78. The van der Waals surface area contributed by atoms with Crippen LogP contribution in [0, 0.1) is 0 Å². The summed E-state index contributed by atoms with van der Waals surface area (Å²) >= 11 is 1.08. The van der Waals surface area contributed by atoms with E-state index >= 15 is 0 Å². The van der Waals surface area contributed by atoms with Gasteiger partial charge in [0.1, 0.15) is 6.04 Å². The van der Waals surface area contributed by atoms with Gasteiger partial charge >= 0.3 is 0 Å². The highest BCUT2D eigenvalue weighted by Crippen LogP contribution is 2.38. The normalized spacial score (nSPS) is 13.8. The molecule has 1 atom stereocenters. The van der Waals surface area contributed by atoms with E-state index in [1.165, 1.54) is 7.05 Å². The number of para-hydroxylation sites is 2. The molecular formula is C22H24N4O3S2. The lowest BCUT2D eigenvalue weighted by molar-refractivity contribution is -0.123. The Balaban J connectivity index is 1.83. The molecule has 1 amide bonds. The van der Waals surface area contributed by atoms with Gasteiger partial charge in [-0.15, -0.1) is 11.3 Å². The van der Waals surface area contributed by atoms with E-state index in [2.05, 4.69) is 4.98 Å². The zero-order valence-corrected chi connectivity index (χ0v) is 19.4. The molecule has 2 heterocycles. The molecule has 0 aliphatic rings. The molecule has 0 spiro atoms. The number of benzene rings is 2. The molecule has 0 aliphatic carbocycles. The zero-order chi connectivity index (χ0) is 22.6. The highest BCUT2D eigenvalue weighted by Gasteiger charge is 2.45. The standard InChI is InChI=1S/C22H24N4O3S2/c1-22(2,15-13-25(3)17-11-7-5-9-14(15)17)19(20(23)27)26(4)31(28,29)21-24-16-10-6-8-12-18(16)30-21/h5-13,19H,1-4H3,(H2,23,27)/t19-/m1/s1. The molecule has 0 radical (unpaired) electrons. The maximum Gasteiger partial charge on any atom is 0.270 e. The number of primary amides is 1. The Kier molecular flexibility index (Phi) is 5.15. The van der Waals surface area contributed by atoms with Gasteiger partial charge in [0.15, 0.2) is 0 Å². The summed E-state index contributed by atoms with van der Waals surface area (Å²) in [6.07, 6.45) is 1.93. The molecule has 31 heavy (non-hydrogen) atoms. The lowest BCUT2D eigenvalue weighted by Crippen LogP contribution is -2.55. The van der Waals surface area contributed by atoms with Crippen LogP contribution in [0.3, 0.4) is 0 Å². The number of aryl methyl sites for hydroxylation is 1. The lowest BCUT2D eigenvalue weighted by Gasteiger charge is -2.37. The van der Waals surface area contributed by atoms with Crippen LogP contribution in [0.5, 0.6) is 0 Å². The molecule has 0 saturated heterocycles. The molecule has 0 unspecified atom stereocenters. The van der Waals surface area contributed by atoms with Gasteiger partial charge in [0.05, 0.1) is 10.2 Å². The molecule has 162 valence electrons. The minimum atomic E-state index is -4.05. The van der Waals surface area contributed by atoms with E-state index in [0.717, 1.165) is 36.8 Å². The van der Waals surface area contributed by atoms with E-state index in [0.29, 0.717) is 5.52 Å². The summed E-state index contributed by atoms with van der Waals surface area (Å²) in [5.74, 6) is -0.717. The maximum absolute atomic E-state index is 13.5. The lowest BCUT2D eigenvalue weighted by atomic mass is 9.77. The van der Waals surface area contributed by atoms with Gasteiger partial charge in [0.2, 0.25) is 10.2 Å². The number of likely N-dealkylation sites (N-methyl/N-ethyl adjacent to an activating group) is 1. The Hall–Kier alpha value is -2.75. The summed E-state index contributed by atoms with van der Waals surface area (Å²) < 4.78 is 30.6. The number of carbonyl (C=O) groups is 1. The van der Waals surface area contributed by atoms with Crippen molar-refractivity contribution in [3.63, 3.8) is 0 Å². The van der Waals surface area contributed by atoms with Gasteiger partial charge < -0.3 is 10.3 Å². The molecule has 2 aromatic heterocycles. The molecular weight excluding hydrogens is 432 g/mol. The number of aromatic nitrogens is 2. The van der Waals surface area contributed by atoms with Gasteiger partial charge in [0.25, 0.3) is 10.0 Å². The number of hydrogen-bond acceptors (Lipinski definition) is 5. The first kappa shape index (κ1) is 21.5. The molecule has 0 bridgehead atoms. The van der Waals surface area contributed by atoms with E-state index in [-0.39, 0.29) is 4.34 Å². The van der Waals surface area contributed by atoms with Crippen molar-refractivity contribution < 1.29 is 13.2 Å². The van der Waals surface area contributed by atoms with Crippen LogP contribution in [-0.4, -0.2) is 41.3 Å². The summed E-state index contributed by atoms with van der Waals surface area (Å²) in [6, 6.07) is 13.9. The smallest absolute Gasteiger partial charge is 0.270 e. The first-order chi connectivity index (χ1) is 14.5. The second kappa shape index (κ2) is 7.44. The van der Waals surface area contributed by atoms with Crippen molar-refractivity contribution in [3.05, 3.63) is 60.3 Å². The monoisotopic (exact) mass is 456 g/mol. The number of sulfonamides is 1. The number of hydrogen-bond donors (Lipinski definition) is 1. The average molecular weight is 457 g/mol. The zero-order valence-electron chi connectivity index (χ0n) is 17.7. The van der Waals surface area contributed by atoms with Crippen molar-refractivity contribution in [1.29, 1.82) is 0 Å². The van der Waals surface area contributed by atoms with Crippen molar-refractivity contribution >= 4 is 48.4 Å². The van der Waals surface area contributed by atoms with Gasteiger partial charge in [-0.05, 0) is 23.8 Å². The van der Waals surface area contributed by atoms with Gasteiger partial charge in [0, 0.05) is 36.6 Å². The van der Waals surface area contributed by atoms with Crippen molar-refractivity contribution in [2.24, 2.45) is 12.8 Å². The average Bonchev–Trinajstić information content (AvgIpc) is 3.30. The minimum Gasteiger partial charge on any atom is -0.368 e. The van der Waals surface area contributed by atoms with Crippen LogP contribution < -0.4 is 5.73 Å². The number of amides is 1. The van der Waals surface area contributed by atoms with Crippen LogP contribution in [0.4, 0.5) is 0 Å². The van der Waals surface area contributed by atoms with Crippen LogP contribution in [0.2, 0.25) is 0 Å². The third kappa shape index (κ3) is 3.42. The Morgan fingerprint density at radius 2 is 1.81 bits per heavy atom. The Morgan fingerprint density at radius 3 is 2.48 bits per heavy atom. The van der Waals surface area contributed by atoms with E-state index in [1.807, 2.05) is 68.1 Å². The van der Waals surface area contributed by atoms with Gasteiger partial charge in [-0.2, -0.15) is 4.31 Å². The van der Waals surface area contributed by atoms with Gasteiger partial charge in [-0.3, -0.25) is 4.79 Å². The number of rotatable bonds is 6. The number of nitrogens with two attached hydrogens (primary N) is 1. The number of carbonyl (C=O) groups excluding carboxylic acids is 1. The van der Waals surface area contributed by atoms with E-state index in [9.17, 15) is 13.2 Å². The fourth-order valence-electron chi connectivity index (χ4n) is 4.22. The Bertz CT molecular complexity index is 1370. The predicted octanol–water partition coefficient (Wildman–Crippen LogP) is 3.24. The SMILES string of the molecule is CN([C@H](C(N)=O)C(C)(C)c1cn(C)c2ccccc12)S(=O)(=O)c1nc2ccccc2s1. The summed E-state index contributed by atoms with van der Waals surface area (Å²) in [4.78, 5) is 16.9. The molecule has 0 aliphatic heterocycles. The van der Waals surface area contributed by atoms with Crippen LogP contribution in [-0.2, 0) is 27.3 Å². The van der Waals surface area contributed by atoms with E-state index in [4.69, 9.17) is 5.73 Å².